The summed E-state index contributed by atoms with van der Waals surface area (Å²) in [6.07, 6.45) is -0.259. The molecule has 1 amide bonds. The van der Waals surface area contributed by atoms with Gasteiger partial charge in [0.25, 0.3) is 5.91 Å². The van der Waals surface area contributed by atoms with Gasteiger partial charge in [-0.15, -0.1) is 11.3 Å². The predicted octanol–water partition coefficient (Wildman–Crippen LogP) is 3.46. The van der Waals surface area contributed by atoms with Crippen molar-refractivity contribution in [2.75, 3.05) is 6.54 Å². The van der Waals surface area contributed by atoms with Gasteiger partial charge in [0, 0.05) is 6.04 Å². The molecule has 5 nitrogen and oxygen atoms in total. The van der Waals surface area contributed by atoms with E-state index in [0.29, 0.717) is 0 Å². The lowest BCUT2D eigenvalue weighted by molar-refractivity contribution is -0.137. The van der Waals surface area contributed by atoms with Crippen LogP contribution in [0.15, 0.2) is 24.3 Å². The SMILES string of the molecule is NC(=O)c1nc(C(=O)[CH]C2CCCCN2)c(-c2cccc(C(F)(F)F)c2)s1. The molecule has 1 aliphatic rings. The zero-order valence-electron chi connectivity index (χ0n) is 14.2. The molecular formula is C18H17F3N3O2S. The Bertz CT molecular complexity index is 858. The molecule has 1 aromatic carbocycles. The molecule has 0 spiro atoms. The van der Waals surface area contributed by atoms with Gasteiger partial charge >= 0.3 is 6.18 Å². The molecule has 0 aliphatic carbocycles. The molecule has 9 heteroatoms. The molecule has 1 radical (unpaired) electrons. The first kappa shape index (κ1) is 19.5. The molecule has 1 aromatic heterocycles. The number of benzene rings is 1. The number of rotatable bonds is 5. The fourth-order valence-corrected chi connectivity index (χ4v) is 3.83. The highest BCUT2D eigenvalue weighted by Crippen LogP contribution is 2.36. The quantitative estimate of drug-likeness (QED) is 0.758. The lowest BCUT2D eigenvalue weighted by atomic mass is 9.97. The maximum absolute atomic E-state index is 13.0. The number of aromatic nitrogens is 1. The minimum atomic E-state index is -4.52. The van der Waals surface area contributed by atoms with Crippen molar-refractivity contribution in [2.24, 2.45) is 5.73 Å². The van der Waals surface area contributed by atoms with Gasteiger partial charge in [-0.05, 0) is 37.1 Å². The Morgan fingerprint density at radius 1 is 1.30 bits per heavy atom. The van der Waals surface area contributed by atoms with Crippen LogP contribution in [0.25, 0.3) is 10.4 Å². The molecule has 1 saturated heterocycles. The summed E-state index contributed by atoms with van der Waals surface area (Å²) in [7, 11) is 0. The maximum Gasteiger partial charge on any atom is 0.416 e. The van der Waals surface area contributed by atoms with Gasteiger partial charge < -0.3 is 11.1 Å². The van der Waals surface area contributed by atoms with Crippen molar-refractivity contribution < 1.29 is 22.8 Å². The summed E-state index contributed by atoms with van der Waals surface area (Å²) < 4.78 is 39.1. The molecule has 27 heavy (non-hydrogen) atoms. The van der Waals surface area contributed by atoms with E-state index in [0.717, 1.165) is 49.3 Å². The molecule has 3 N–H and O–H groups in total. The number of alkyl halides is 3. The number of thiazole rings is 1. The molecule has 1 atom stereocenters. The smallest absolute Gasteiger partial charge is 0.364 e. The standard InChI is InChI=1S/C18H17F3N3O2S/c19-18(20,21)11-5-3-4-10(8-11)15-14(24-17(27-15)16(22)26)13(25)9-12-6-1-2-7-23-12/h3-5,8-9,12,23H,1-2,6-7H2,(H2,22,26). The number of ketones is 1. The summed E-state index contributed by atoms with van der Waals surface area (Å²) >= 11 is 0.816. The number of primary amides is 1. The summed E-state index contributed by atoms with van der Waals surface area (Å²) in [6.45, 7) is 0.790. The third kappa shape index (κ3) is 4.54. The molecule has 0 bridgehead atoms. The number of halogens is 3. The van der Waals surface area contributed by atoms with Gasteiger partial charge in [-0.3, -0.25) is 9.59 Å². The number of hydrogen-bond acceptors (Lipinski definition) is 5. The average molecular weight is 396 g/mol. The fraction of sp³-hybridized carbons (Fsp3) is 0.333. The number of piperidine rings is 1. The lowest BCUT2D eigenvalue weighted by Gasteiger charge is -2.22. The Balaban J connectivity index is 1.97. The van der Waals surface area contributed by atoms with Crippen LogP contribution in [0, 0.1) is 6.42 Å². The molecule has 0 saturated carbocycles. The Labute approximate surface area is 157 Å². The third-order valence-electron chi connectivity index (χ3n) is 4.22. The molecule has 2 aromatic rings. The first-order valence-electron chi connectivity index (χ1n) is 8.36. The van der Waals surface area contributed by atoms with E-state index in [1.807, 2.05) is 0 Å². The Kier molecular flexibility index (Phi) is 5.61. The number of nitrogens with one attached hydrogen (secondary N) is 1. The summed E-state index contributed by atoms with van der Waals surface area (Å²) in [5, 5.41) is 3.08. The second-order valence-electron chi connectivity index (χ2n) is 6.23. The van der Waals surface area contributed by atoms with Crippen LogP contribution in [-0.4, -0.2) is 29.3 Å². The van der Waals surface area contributed by atoms with E-state index in [9.17, 15) is 22.8 Å². The molecular weight excluding hydrogens is 379 g/mol. The molecule has 2 heterocycles. The Morgan fingerprint density at radius 2 is 2.07 bits per heavy atom. The first-order chi connectivity index (χ1) is 12.8. The van der Waals surface area contributed by atoms with Gasteiger partial charge in [0.15, 0.2) is 10.8 Å². The number of nitrogens with zero attached hydrogens (tertiary/aromatic N) is 1. The van der Waals surface area contributed by atoms with Crippen molar-refractivity contribution in [3.63, 3.8) is 0 Å². The number of Topliss-reactive ketones (excluding diaryl/α,β-unsaturated/α-hetero) is 1. The minimum Gasteiger partial charge on any atom is -0.364 e. The Hall–Kier alpha value is -2.26. The minimum absolute atomic E-state index is 0.0551. The Morgan fingerprint density at radius 3 is 2.70 bits per heavy atom. The zero-order valence-corrected chi connectivity index (χ0v) is 15.0. The van der Waals surface area contributed by atoms with Crippen molar-refractivity contribution in [3.05, 3.63) is 47.0 Å². The van der Waals surface area contributed by atoms with Crippen LogP contribution in [0.1, 0.15) is 45.1 Å². The lowest BCUT2D eigenvalue weighted by Crippen LogP contribution is -2.36. The van der Waals surface area contributed by atoms with E-state index in [2.05, 4.69) is 10.3 Å². The highest BCUT2D eigenvalue weighted by molar-refractivity contribution is 7.17. The normalized spacial score (nSPS) is 17.7. The van der Waals surface area contributed by atoms with Crippen molar-refractivity contribution in [1.82, 2.24) is 10.3 Å². The van der Waals surface area contributed by atoms with Crippen molar-refractivity contribution in [2.45, 2.75) is 31.5 Å². The first-order valence-corrected chi connectivity index (χ1v) is 9.18. The van der Waals surface area contributed by atoms with Crippen LogP contribution < -0.4 is 11.1 Å². The topological polar surface area (TPSA) is 85.1 Å². The van der Waals surface area contributed by atoms with E-state index in [1.54, 1.807) is 0 Å². The highest BCUT2D eigenvalue weighted by atomic mass is 32.1. The van der Waals surface area contributed by atoms with E-state index >= 15 is 0 Å². The molecule has 1 aliphatic heterocycles. The van der Waals surface area contributed by atoms with Crippen LogP contribution in [0.2, 0.25) is 0 Å². The third-order valence-corrected chi connectivity index (χ3v) is 5.34. The predicted molar refractivity (Wildman–Crippen MR) is 95.3 cm³/mol. The average Bonchev–Trinajstić information content (AvgIpc) is 3.08. The van der Waals surface area contributed by atoms with Crippen molar-refractivity contribution in [3.8, 4) is 10.4 Å². The van der Waals surface area contributed by atoms with Gasteiger partial charge in [0.2, 0.25) is 0 Å². The second-order valence-corrected chi connectivity index (χ2v) is 7.23. The molecule has 1 fully saturated rings. The monoisotopic (exact) mass is 396 g/mol. The van der Waals surface area contributed by atoms with Crippen LogP contribution in [-0.2, 0) is 6.18 Å². The van der Waals surface area contributed by atoms with E-state index in [4.69, 9.17) is 5.73 Å². The molecule has 3 rings (SSSR count). The molecule has 143 valence electrons. The fourth-order valence-electron chi connectivity index (χ4n) is 2.91. The van der Waals surface area contributed by atoms with Gasteiger partial charge in [0.05, 0.1) is 16.9 Å². The van der Waals surface area contributed by atoms with Crippen LogP contribution in [0.3, 0.4) is 0 Å². The van der Waals surface area contributed by atoms with E-state index < -0.39 is 23.4 Å². The molecule has 1 unspecified atom stereocenters. The number of nitrogens with two attached hydrogens (primary N) is 1. The highest BCUT2D eigenvalue weighted by Gasteiger charge is 2.31. The van der Waals surface area contributed by atoms with Gasteiger partial charge in [-0.25, -0.2) is 4.98 Å². The zero-order chi connectivity index (χ0) is 19.6. The maximum atomic E-state index is 13.0. The summed E-state index contributed by atoms with van der Waals surface area (Å²) in [5.41, 5.74) is 4.53. The van der Waals surface area contributed by atoms with Crippen LogP contribution >= 0.6 is 11.3 Å². The van der Waals surface area contributed by atoms with Crippen molar-refractivity contribution in [1.29, 1.82) is 0 Å². The summed E-state index contributed by atoms with van der Waals surface area (Å²) in [6, 6.07) is 4.46. The van der Waals surface area contributed by atoms with Crippen LogP contribution in [0.4, 0.5) is 13.2 Å². The largest absolute Gasteiger partial charge is 0.416 e. The number of carbonyl (C=O) groups is 2. The van der Waals surface area contributed by atoms with Gasteiger partial charge in [-0.1, -0.05) is 18.6 Å². The van der Waals surface area contributed by atoms with Gasteiger partial charge in [0.1, 0.15) is 5.69 Å². The van der Waals surface area contributed by atoms with Gasteiger partial charge in [-0.2, -0.15) is 13.2 Å². The number of carbonyl (C=O) groups excluding carboxylic acids is 2. The number of hydrogen-bond donors (Lipinski definition) is 2. The van der Waals surface area contributed by atoms with Crippen LogP contribution in [0.5, 0.6) is 0 Å². The van der Waals surface area contributed by atoms with E-state index in [-0.39, 0.29) is 27.2 Å². The second kappa shape index (κ2) is 7.77. The van der Waals surface area contributed by atoms with E-state index in [1.165, 1.54) is 18.6 Å². The summed E-state index contributed by atoms with van der Waals surface area (Å²) in [4.78, 5) is 28.4. The number of amides is 1. The van der Waals surface area contributed by atoms with Crippen molar-refractivity contribution >= 4 is 23.0 Å². The summed E-state index contributed by atoms with van der Waals surface area (Å²) in [5.74, 6) is -1.27.